The number of rotatable bonds is 3. The first-order valence-corrected chi connectivity index (χ1v) is 3.90. The van der Waals surface area contributed by atoms with Crippen LogP contribution < -0.4 is 0 Å². The highest BCUT2D eigenvalue weighted by Crippen LogP contribution is 2.39. The van der Waals surface area contributed by atoms with Crippen LogP contribution >= 0.6 is 0 Å². The van der Waals surface area contributed by atoms with Crippen molar-refractivity contribution in [2.24, 2.45) is 0 Å². The lowest BCUT2D eigenvalue weighted by Gasteiger charge is -2.14. The molecule has 0 aromatic carbocycles. The molecule has 4 nitrogen and oxygen atoms in total. The van der Waals surface area contributed by atoms with Gasteiger partial charge in [-0.1, -0.05) is 0 Å². The van der Waals surface area contributed by atoms with E-state index in [0.29, 0.717) is 6.61 Å². The van der Waals surface area contributed by atoms with Crippen molar-refractivity contribution in [2.45, 2.75) is 31.5 Å². The van der Waals surface area contributed by atoms with E-state index in [1.165, 1.54) is 0 Å². The van der Waals surface area contributed by atoms with Gasteiger partial charge in [0.15, 0.2) is 6.29 Å². The molecule has 1 N–H and O–H groups in total. The monoisotopic (exact) mass is 160 g/mol. The van der Waals surface area contributed by atoms with E-state index in [1.807, 2.05) is 6.92 Å². The molecule has 0 bridgehead atoms. The summed E-state index contributed by atoms with van der Waals surface area (Å²) in [7, 11) is 0. The summed E-state index contributed by atoms with van der Waals surface area (Å²) >= 11 is 0. The van der Waals surface area contributed by atoms with E-state index < -0.39 is 0 Å². The largest absolute Gasteiger partial charge is 0.394 e. The fourth-order valence-electron chi connectivity index (χ4n) is 1.43. The highest BCUT2D eigenvalue weighted by atomic mass is 16.8. The van der Waals surface area contributed by atoms with Gasteiger partial charge >= 0.3 is 0 Å². The molecule has 0 aromatic rings. The molecule has 0 unspecified atom stereocenters. The Hall–Kier alpha value is -0.160. The summed E-state index contributed by atoms with van der Waals surface area (Å²) in [5.41, 5.74) is 0. The Morgan fingerprint density at radius 3 is 2.73 bits per heavy atom. The van der Waals surface area contributed by atoms with Crippen molar-refractivity contribution >= 4 is 0 Å². The summed E-state index contributed by atoms with van der Waals surface area (Å²) in [6.45, 7) is 2.55. The van der Waals surface area contributed by atoms with E-state index in [-0.39, 0.29) is 31.2 Å². The van der Waals surface area contributed by atoms with E-state index in [4.69, 9.17) is 19.3 Å². The van der Waals surface area contributed by atoms with Gasteiger partial charge in [0.2, 0.25) is 0 Å². The summed E-state index contributed by atoms with van der Waals surface area (Å²) in [4.78, 5) is 0. The minimum atomic E-state index is -0.248. The van der Waals surface area contributed by atoms with E-state index in [9.17, 15) is 0 Å². The molecule has 2 aliphatic heterocycles. The molecule has 0 aromatic heterocycles. The van der Waals surface area contributed by atoms with Crippen LogP contribution in [0.4, 0.5) is 0 Å². The van der Waals surface area contributed by atoms with Crippen LogP contribution in [0.3, 0.4) is 0 Å². The van der Waals surface area contributed by atoms with Crippen molar-refractivity contribution in [3.05, 3.63) is 0 Å². The zero-order valence-corrected chi connectivity index (χ0v) is 6.40. The highest BCUT2D eigenvalue weighted by Gasteiger charge is 2.58. The normalized spacial score (nSPS) is 47.5. The lowest BCUT2D eigenvalue weighted by Crippen LogP contribution is -2.24. The standard InChI is InChI=1S/C7H12O4/c1-2-9-7-6-5(11-6)4(3-8)10-7/h4-8H,2-3H2,1H3/t4-,5-,6-,7-/m1/s1. The number of aliphatic hydroxyl groups excluding tert-OH is 1. The molecule has 2 fully saturated rings. The van der Waals surface area contributed by atoms with Gasteiger partial charge in [-0.25, -0.2) is 0 Å². The minimum Gasteiger partial charge on any atom is -0.394 e. The van der Waals surface area contributed by atoms with Crippen LogP contribution in [0.2, 0.25) is 0 Å². The molecule has 0 aliphatic carbocycles. The Morgan fingerprint density at radius 2 is 2.18 bits per heavy atom. The van der Waals surface area contributed by atoms with Gasteiger partial charge in [0.1, 0.15) is 18.3 Å². The van der Waals surface area contributed by atoms with Crippen LogP contribution in [0, 0.1) is 0 Å². The summed E-state index contributed by atoms with van der Waals surface area (Å²) in [5.74, 6) is 0. The average Bonchev–Trinajstić information content (AvgIpc) is 2.72. The Labute approximate surface area is 65.1 Å². The third-order valence-electron chi connectivity index (χ3n) is 2.02. The van der Waals surface area contributed by atoms with E-state index in [2.05, 4.69) is 0 Å². The second-order valence-electron chi connectivity index (χ2n) is 2.75. The maximum Gasteiger partial charge on any atom is 0.186 e. The van der Waals surface area contributed by atoms with Crippen LogP contribution in [-0.2, 0) is 14.2 Å². The third kappa shape index (κ3) is 1.16. The van der Waals surface area contributed by atoms with Crippen LogP contribution in [0.1, 0.15) is 6.92 Å². The second kappa shape index (κ2) is 2.71. The van der Waals surface area contributed by atoms with Crippen LogP contribution in [-0.4, -0.2) is 42.9 Å². The van der Waals surface area contributed by atoms with Gasteiger partial charge in [-0.3, -0.25) is 0 Å². The van der Waals surface area contributed by atoms with Crippen LogP contribution in [0.25, 0.3) is 0 Å². The van der Waals surface area contributed by atoms with E-state index in [0.717, 1.165) is 0 Å². The van der Waals surface area contributed by atoms with Crippen molar-refractivity contribution in [1.29, 1.82) is 0 Å². The summed E-state index contributed by atoms with van der Waals surface area (Å²) in [6, 6.07) is 0. The summed E-state index contributed by atoms with van der Waals surface area (Å²) in [6.07, 6.45) is -0.262. The van der Waals surface area contributed by atoms with Gasteiger partial charge in [-0.05, 0) is 6.92 Å². The predicted molar refractivity (Wildman–Crippen MR) is 36.0 cm³/mol. The SMILES string of the molecule is CCO[C@@H]1O[C@H](CO)[C@H]2O[C@@H]12. The molecule has 2 rings (SSSR count). The maximum atomic E-state index is 8.79. The number of epoxide rings is 1. The Balaban J connectivity index is 1.87. The summed E-state index contributed by atoms with van der Waals surface area (Å²) in [5, 5.41) is 8.79. The molecule has 0 saturated carbocycles. The Kier molecular flexibility index (Phi) is 1.85. The smallest absolute Gasteiger partial charge is 0.186 e. The summed E-state index contributed by atoms with van der Waals surface area (Å²) < 4.78 is 15.8. The lowest BCUT2D eigenvalue weighted by molar-refractivity contribution is -0.177. The molecule has 0 radical (unpaired) electrons. The van der Waals surface area contributed by atoms with E-state index in [1.54, 1.807) is 0 Å². The molecule has 2 aliphatic rings. The molecule has 4 atom stereocenters. The Bertz CT molecular complexity index is 149. The van der Waals surface area contributed by atoms with Crippen molar-refractivity contribution < 1.29 is 19.3 Å². The third-order valence-corrected chi connectivity index (χ3v) is 2.02. The molecular weight excluding hydrogens is 148 g/mol. The van der Waals surface area contributed by atoms with Gasteiger partial charge in [0, 0.05) is 6.61 Å². The zero-order chi connectivity index (χ0) is 7.84. The number of hydrogen-bond acceptors (Lipinski definition) is 4. The van der Waals surface area contributed by atoms with Gasteiger partial charge in [0.25, 0.3) is 0 Å². The van der Waals surface area contributed by atoms with Gasteiger partial charge < -0.3 is 19.3 Å². The minimum absolute atomic E-state index is 0.0186. The van der Waals surface area contributed by atoms with Gasteiger partial charge in [-0.15, -0.1) is 0 Å². The predicted octanol–water partition coefficient (Wildman–Crippen LogP) is -0.493. The van der Waals surface area contributed by atoms with Crippen molar-refractivity contribution in [2.75, 3.05) is 13.2 Å². The quantitative estimate of drug-likeness (QED) is 0.566. The number of hydrogen-bond donors (Lipinski definition) is 1. The molecule has 0 spiro atoms. The maximum absolute atomic E-state index is 8.79. The first-order chi connectivity index (χ1) is 5.36. The first-order valence-electron chi connectivity index (χ1n) is 3.90. The van der Waals surface area contributed by atoms with E-state index >= 15 is 0 Å². The van der Waals surface area contributed by atoms with Crippen LogP contribution in [0.5, 0.6) is 0 Å². The van der Waals surface area contributed by atoms with Crippen molar-refractivity contribution in [1.82, 2.24) is 0 Å². The molecule has 11 heavy (non-hydrogen) atoms. The molecule has 4 heteroatoms. The van der Waals surface area contributed by atoms with Crippen molar-refractivity contribution in [3.8, 4) is 0 Å². The first kappa shape index (κ1) is 7.49. The number of ether oxygens (including phenoxy) is 3. The molecule has 2 saturated heterocycles. The van der Waals surface area contributed by atoms with Gasteiger partial charge in [0.05, 0.1) is 6.61 Å². The number of fused-ring (bicyclic) bond motifs is 1. The van der Waals surface area contributed by atoms with Gasteiger partial charge in [-0.2, -0.15) is 0 Å². The fourth-order valence-corrected chi connectivity index (χ4v) is 1.43. The fraction of sp³-hybridized carbons (Fsp3) is 1.00. The average molecular weight is 160 g/mol. The molecule has 64 valence electrons. The number of aliphatic hydroxyl groups is 1. The second-order valence-corrected chi connectivity index (χ2v) is 2.75. The Morgan fingerprint density at radius 1 is 1.36 bits per heavy atom. The molecular formula is C7H12O4. The zero-order valence-electron chi connectivity index (χ0n) is 6.40. The van der Waals surface area contributed by atoms with Crippen molar-refractivity contribution in [3.63, 3.8) is 0 Å². The molecule has 0 amide bonds. The molecule has 2 heterocycles. The lowest BCUT2D eigenvalue weighted by atomic mass is 10.2. The highest BCUT2D eigenvalue weighted by molar-refractivity contribution is 4.99. The topological polar surface area (TPSA) is 51.2 Å². The van der Waals surface area contributed by atoms with Crippen LogP contribution in [0.15, 0.2) is 0 Å².